The van der Waals surface area contributed by atoms with Gasteiger partial charge in [-0.05, 0) is 67.1 Å². The smallest absolute Gasteiger partial charge is 0.269 e. The SMILES string of the molecule is C#CC(=O)Cc1cccc(Oc2c(C)cc(F)cc2C)c1-c1cc(CC)c(=O)n(C)n1. The number of halogens is 1. The van der Waals surface area contributed by atoms with Crippen molar-refractivity contribution in [3.8, 4) is 35.1 Å². The zero-order valence-corrected chi connectivity index (χ0v) is 18.0. The van der Waals surface area contributed by atoms with Gasteiger partial charge in [-0.15, -0.1) is 6.42 Å². The highest BCUT2D eigenvalue weighted by Gasteiger charge is 2.19. The van der Waals surface area contributed by atoms with Crippen LogP contribution in [-0.4, -0.2) is 15.6 Å². The van der Waals surface area contributed by atoms with Crippen molar-refractivity contribution in [1.29, 1.82) is 0 Å². The first-order valence-corrected chi connectivity index (χ1v) is 9.88. The molecule has 0 aliphatic carbocycles. The maximum absolute atomic E-state index is 13.7. The molecule has 0 spiro atoms. The van der Waals surface area contributed by atoms with Crippen molar-refractivity contribution in [2.45, 2.75) is 33.6 Å². The number of hydrogen-bond donors (Lipinski definition) is 0. The molecule has 0 N–H and O–H groups in total. The molecule has 0 aliphatic heterocycles. The summed E-state index contributed by atoms with van der Waals surface area (Å²) in [5.41, 5.74) is 3.37. The van der Waals surface area contributed by atoms with Gasteiger partial charge < -0.3 is 4.74 Å². The van der Waals surface area contributed by atoms with Gasteiger partial charge in [0.2, 0.25) is 5.78 Å². The first-order valence-electron chi connectivity index (χ1n) is 9.88. The number of carbonyl (C=O) groups excluding carboxylic acids is 1. The van der Waals surface area contributed by atoms with E-state index in [1.165, 1.54) is 16.8 Å². The lowest BCUT2D eigenvalue weighted by Gasteiger charge is -2.18. The van der Waals surface area contributed by atoms with Crippen LogP contribution >= 0.6 is 0 Å². The van der Waals surface area contributed by atoms with E-state index in [2.05, 4.69) is 11.0 Å². The zero-order chi connectivity index (χ0) is 22.7. The molecule has 5 nitrogen and oxygen atoms in total. The van der Waals surface area contributed by atoms with Crippen LogP contribution in [0.5, 0.6) is 11.5 Å². The molecule has 0 atom stereocenters. The third-order valence-electron chi connectivity index (χ3n) is 5.04. The molecule has 31 heavy (non-hydrogen) atoms. The van der Waals surface area contributed by atoms with Crippen LogP contribution in [0.25, 0.3) is 11.3 Å². The second kappa shape index (κ2) is 8.97. The van der Waals surface area contributed by atoms with E-state index >= 15 is 0 Å². The number of ketones is 1. The number of aryl methyl sites for hydroxylation is 4. The van der Waals surface area contributed by atoms with Crippen LogP contribution in [0.4, 0.5) is 4.39 Å². The van der Waals surface area contributed by atoms with Crippen molar-refractivity contribution < 1.29 is 13.9 Å². The fourth-order valence-corrected chi connectivity index (χ4v) is 3.54. The highest BCUT2D eigenvalue weighted by Crippen LogP contribution is 2.38. The van der Waals surface area contributed by atoms with Gasteiger partial charge in [0.15, 0.2) is 0 Å². The van der Waals surface area contributed by atoms with Crippen LogP contribution in [0, 0.1) is 32.0 Å². The molecule has 3 aromatic rings. The van der Waals surface area contributed by atoms with E-state index < -0.39 is 0 Å². The molecule has 0 aliphatic rings. The average Bonchev–Trinajstić information content (AvgIpc) is 2.72. The van der Waals surface area contributed by atoms with Crippen LogP contribution < -0.4 is 10.3 Å². The molecule has 0 fully saturated rings. The van der Waals surface area contributed by atoms with Gasteiger partial charge in [-0.25, -0.2) is 9.07 Å². The monoisotopic (exact) mass is 418 g/mol. The molecule has 2 aromatic carbocycles. The maximum Gasteiger partial charge on any atom is 0.269 e. The predicted molar refractivity (Wildman–Crippen MR) is 118 cm³/mol. The van der Waals surface area contributed by atoms with Crippen molar-refractivity contribution in [3.63, 3.8) is 0 Å². The van der Waals surface area contributed by atoms with Crippen molar-refractivity contribution in [1.82, 2.24) is 9.78 Å². The van der Waals surface area contributed by atoms with E-state index in [0.717, 1.165) is 0 Å². The van der Waals surface area contributed by atoms with Gasteiger partial charge in [-0.3, -0.25) is 9.59 Å². The standard InChI is InChI=1S/C25H23FN2O3/c1-6-17-14-21(27-28(5)25(17)30)23-18(13-20(29)7-2)9-8-10-22(23)31-24-15(3)11-19(26)12-16(24)4/h2,8-12,14H,6,13H2,1,3-5H3. The third kappa shape index (κ3) is 4.56. The number of rotatable bonds is 6. The summed E-state index contributed by atoms with van der Waals surface area (Å²) in [5, 5.41) is 4.41. The number of benzene rings is 2. The largest absolute Gasteiger partial charge is 0.456 e. The number of aromatic nitrogens is 2. The molecule has 158 valence electrons. The van der Waals surface area contributed by atoms with Gasteiger partial charge in [0.25, 0.3) is 5.56 Å². The summed E-state index contributed by atoms with van der Waals surface area (Å²) >= 11 is 0. The molecule has 0 unspecified atom stereocenters. The molecular formula is C25H23FN2O3. The molecule has 0 amide bonds. The van der Waals surface area contributed by atoms with Gasteiger partial charge in [0.05, 0.1) is 5.69 Å². The number of nitrogens with zero attached hydrogens (tertiary/aromatic N) is 2. The molecule has 0 bridgehead atoms. The predicted octanol–water partition coefficient (Wildman–Crippen LogP) is 4.30. The minimum atomic E-state index is -0.381. The van der Waals surface area contributed by atoms with E-state index in [1.54, 1.807) is 45.2 Å². The Balaban J connectivity index is 2.25. The Morgan fingerprint density at radius 3 is 2.48 bits per heavy atom. The summed E-state index contributed by atoms with van der Waals surface area (Å²) in [7, 11) is 1.58. The Bertz CT molecular complexity index is 1250. The topological polar surface area (TPSA) is 61.2 Å². The van der Waals surface area contributed by atoms with E-state index in [9.17, 15) is 14.0 Å². The Morgan fingerprint density at radius 1 is 1.19 bits per heavy atom. The number of carbonyl (C=O) groups is 1. The van der Waals surface area contributed by atoms with E-state index in [-0.39, 0.29) is 23.6 Å². The molecule has 0 radical (unpaired) electrons. The number of terminal acetylenes is 1. The lowest BCUT2D eigenvalue weighted by Crippen LogP contribution is -2.23. The summed E-state index contributed by atoms with van der Waals surface area (Å²) < 4.78 is 21.2. The highest BCUT2D eigenvalue weighted by atomic mass is 19.1. The lowest BCUT2D eigenvalue weighted by atomic mass is 9.97. The first kappa shape index (κ1) is 22.0. The molecule has 1 aromatic heterocycles. The van der Waals surface area contributed by atoms with Crippen molar-refractivity contribution >= 4 is 5.78 Å². The maximum atomic E-state index is 13.7. The lowest BCUT2D eigenvalue weighted by molar-refractivity contribution is -0.113. The molecule has 6 heteroatoms. The van der Waals surface area contributed by atoms with Gasteiger partial charge in [0, 0.05) is 24.6 Å². The summed E-state index contributed by atoms with van der Waals surface area (Å²) in [6, 6.07) is 9.79. The van der Waals surface area contributed by atoms with Gasteiger partial charge in [-0.2, -0.15) is 5.10 Å². The second-order valence-electron chi connectivity index (χ2n) is 7.34. The first-order chi connectivity index (χ1) is 14.7. The second-order valence-corrected chi connectivity index (χ2v) is 7.34. The van der Waals surface area contributed by atoms with E-state index in [4.69, 9.17) is 11.2 Å². The molecule has 1 heterocycles. The normalized spacial score (nSPS) is 10.6. The van der Waals surface area contributed by atoms with Gasteiger partial charge >= 0.3 is 0 Å². The summed E-state index contributed by atoms with van der Waals surface area (Å²) in [5.74, 6) is 2.36. The summed E-state index contributed by atoms with van der Waals surface area (Å²) in [4.78, 5) is 24.4. The molecule has 0 saturated heterocycles. The van der Waals surface area contributed by atoms with Gasteiger partial charge in [-0.1, -0.05) is 19.1 Å². The summed E-state index contributed by atoms with van der Waals surface area (Å²) in [6.07, 6.45) is 5.81. The van der Waals surface area contributed by atoms with Crippen LogP contribution in [0.1, 0.15) is 29.2 Å². The Hall–Kier alpha value is -3.72. The van der Waals surface area contributed by atoms with E-state index in [0.29, 0.717) is 51.4 Å². The zero-order valence-electron chi connectivity index (χ0n) is 18.0. The van der Waals surface area contributed by atoms with Crippen molar-refractivity contribution in [3.05, 3.63) is 74.8 Å². The fraction of sp³-hybridized carbons (Fsp3) is 0.240. The Labute approximate surface area is 180 Å². The number of ether oxygens (including phenoxy) is 1. The minimum Gasteiger partial charge on any atom is -0.456 e. The third-order valence-corrected chi connectivity index (χ3v) is 5.04. The molecule has 3 rings (SSSR count). The van der Waals surface area contributed by atoms with E-state index in [1.807, 2.05) is 6.92 Å². The highest BCUT2D eigenvalue weighted by molar-refractivity contribution is 5.97. The quantitative estimate of drug-likeness (QED) is 0.442. The molecule has 0 saturated carbocycles. The van der Waals surface area contributed by atoms with Crippen LogP contribution in [0.3, 0.4) is 0 Å². The van der Waals surface area contributed by atoms with Crippen molar-refractivity contribution in [2.75, 3.05) is 0 Å². The minimum absolute atomic E-state index is 0.00358. The fourth-order valence-electron chi connectivity index (χ4n) is 3.54. The Morgan fingerprint density at radius 2 is 1.87 bits per heavy atom. The molecular weight excluding hydrogens is 395 g/mol. The number of hydrogen-bond acceptors (Lipinski definition) is 4. The Kier molecular flexibility index (Phi) is 6.36. The summed E-state index contributed by atoms with van der Waals surface area (Å²) in [6.45, 7) is 5.41. The van der Waals surface area contributed by atoms with Crippen molar-refractivity contribution in [2.24, 2.45) is 7.05 Å². The average molecular weight is 418 g/mol. The van der Waals surface area contributed by atoms with Crippen LogP contribution in [-0.2, 0) is 24.7 Å². The van der Waals surface area contributed by atoms with Gasteiger partial charge in [0.1, 0.15) is 17.3 Å². The number of Topliss-reactive ketones (excluding diaryl/α,β-unsaturated/α-hetero) is 1. The van der Waals surface area contributed by atoms with Crippen LogP contribution in [0.15, 0.2) is 41.2 Å². The van der Waals surface area contributed by atoms with Crippen LogP contribution in [0.2, 0.25) is 0 Å².